The highest BCUT2D eigenvalue weighted by Gasteiger charge is 2.20. The van der Waals surface area contributed by atoms with Crippen molar-refractivity contribution in [2.75, 3.05) is 0 Å². The van der Waals surface area contributed by atoms with Crippen LogP contribution < -0.4 is 4.74 Å². The quantitative estimate of drug-likeness (QED) is 0.374. The maximum Gasteiger partial charge on any atom is 0.269 e. The molecule has 0 N–H and O–H groups in total. The Balaban J connectivity index is 2.18. The highest BCUT2D eigenvalue weighted by Crippen LogP contribution is 2.27. The maximum atomic E-state index is 13.3. The van der Waals surface area contributed by atoms with E-state index >= 15 is 0 Å². The summed E-state index contributed by atoms with van der Waals surface area (Å²) in [6.45, 7) is -0.408. The lowest BCUT2D eigenvalue weighted by molar-refractivity contribution is -0.384. The minimum absolute atomic E-state index is 0.0728. The van der Waals surface area contributed by atoms with Crippen molar-refractivity contribution in [3.05, 3.63) is 69.3 Å². The van der Waals surface area contributed by atoms with Gasteiger partial charge in [0.25, 0.3) is 5.69 Å². The van der Waals surface area contributed by atoms with Crippen molar-refractivity contribution in [1.29, 1.82) is 0 Å². The second-order valence-corrected chi connectivity index (χ2v) is 4.01. The van der Waals surface area contributed by atoms with E-state index in [0.717, 1.165) is 12.1 Å². The molecule has 0 aliphatic rings. The SMILES string of the molecule is O=[N+]([O-])c1ccc(COc2c(F)c(F)cc(F)c2F)cc1. The summed E-state index contributed by atoms with van der Waals surface area (Å²) in [5.74, 6) is -7.61. The van der Waals surface area contributed by atoms with Crippen molar-refractivity contribution >= 4 is 5.69 Å². The van der Waals surface area contributed by atoms with Gasteiger partial charge in [-0.2, -0.15) is 8.78 Å². The summed E-state index contributed by atoms with van der Waals surface area (Å²) in [6.07, 6.45) is 0. The highest BCUT2D eigenvalue weighted by atomic mass is 19.2. The zero-order valence-corrected chi connectivity index (χ0v) is 10.3. The van der Waals surface area contributed by atoms with Crippen LogP contribution in [0.2, 0.25) is 0 Å². The third kappa shape index (κ3) is 3.10. The summed E-state index contributed by atoms with van der Waals surface area (Å²) < 4.78 is 57.3. The van der Waals surface area contributed by atoms with Crippen LogP contribution in [0.1, 0.15) is 5.56 Å². The molecule has 2 rings (SSSR count). The van der Waals surface area contributed by atoms with E-state index in [9.17, 15) is 27.7 Å². The largest absolute Gasteiger partial charge is 0.483 e. The number of ether oxygens (including phenoxy) is 1. The molecule has 0 unspecified atom stereocenters. The molecule has 0 aromatic heterocycles. The smallest absolute Gasteiger partial charge is 0.269 e. The number of benzene rings is 2. The van der Waals surface area contributed by atoms with Crippen LogP contribution in [-0.2, 0) is 6.61 Å². The summed E-state index contributed by atoms with van der Waals surface area (Å²) in [5.41, 5.74) is 0.164. The number of nitrogens with zero attached hydrogens (tertiary/aromatic N) is 1. The second-order valence-electron chi connectivity index (χ2n) is 4.01. The lowest BCUT2D eigenvalue weighted by Gasteiger charge is -2.09. The first-order valence-electron chi connectivity index (χ1n) is 5.59. The van der Waals surface area contributed by atoms with Crippen LogP contribution in [0.15, 0.2) is 30.3 Å². The number of nitro benzene ring substituents is 1. The summed E-state index contributed by atoms with van der Waals surface area (Å²) in [4.78, 5) is 9.83. The molecule has 110 valence electrons. The van der Waals surface area contributed by atoms with Crippen molar-refractivity contribution in [2.24, 2.45) is 0 Å². The van der Waals surface area contributed by atoms with Gasteiger partial charge in [-0.1, -0.05) is 0 Å². The van der Waals surface area contributed by atoms with E-state index in [1.54, 1.807) is 0 Å². The first-order chi connectivity index (χ1) is 9.90. The number of hydrogen-bond acceptors (Lipinski definition) is 3. The first kappa shape index (κ1) is 14.8. The van der Waals surface area contributed by atoms with Gasteiger partial charge in [-0.3, -0.25) is 10.1 Å². The lowest BCUT2D eigenvalue weighted by atomic mass is 10.2. The molecule has 2 aromatic carbocycles. The van der Waals surface area contributed by atoms with Crippen LogP contribution in [0.3, 0.4) is 0 Å². The van der Waals surface area contributed by atoms with E-state index < -0.39 is 40.5 Å². The monoisotopic (exact) mass is 301 g/mol. The molecule has 0 fully saturated rings. The summed E-state index contributed by atoms with van der Waals surface area (Å²) >= 11 is 0. The molecule has 0 aliphatic heterocycles. The summed E-state index contributed by atoms with van der Waals surface area (Å²) in [7, 11) is 0. The third-order valence-corrected chi connectivity index (χ3v) is 2.60. The van der Waals surface area contributed by atoms with Gasteiger partial charge >= 0.3 is 0 Å². The van der Waals surface area contributed by atoms with Crippen LogP contribution in [0.25, 0.3) is 0 Å². The predicted molar refractivity (Wildman–Crippen MR) is 63.7 cm³/mol. The lowest BCUT2D eigenvalue weighted by Crippen LogP contribution is -2.04. The number of hydrogen-bond donors (Lipinski definition) is 0. The minimum Gasteiger partial charge on any atom is -0.483 e. The molecule has 0 radical (unpaired) electrons. The fourth-order valence-corrected chi connectivity index (χ4v) is 1.55. The highest BCUT2D eigenvalue weighted by molar-refractivity contribution is 5.33. The van der Waals surface area contributed by atoms with E-state index in [-0.39, 0.29) is 11.8 Å². The molecular weight excluding hydrogens is 294 g/mol. The second kappa shape index (κ2) is 5.78. The van der Waals surface area contributed by atoms with Gasteiger partial charge in [-0.05, 0) is 17.7 Å². The molecule has 2 aromatic rings. The van der Waals surface area contributed by atoms with Gasteiger partial charge in [-0.25, -0.2) is 8.78 Å². The zero-order chi connectivity index (χ0) is 15.6. The number of rotatable bonds is 4. The average Bonchev–Trinajstić information content (AvgIpc) is 2.45. The molecule has 0 atom stereocenters. The Morgan fingerprint density at radius 2 is 1.52 bits per heavy atom. The van der Waals surface area contributed by atoms with Crippen LogP contribution in [0.5, 0.6) is 5.75 Å². The Bertz CT molecular complexity index is 663. The number of non-ortho nitro benzene ring substituents is 1. The van der Waals surface area contributed by atoms with E-state index in [0.29, 0.717) is 5.56 Å². The Labute approximate surface area is 115 Å². The zero-order valence-electron chi connectivity index (χ0n) is 10.3. The first-order valence-corrected chi connectivity index (χ1v) is 5.59. The molecular formula is C13H7F4NO3. The van der Waals surface area contributed by atoms with Crippen molar-refractivity contribution in [3.8, 4) is 5.75 Å². The van der Waals surface area contributed by atoms with Gasteiger partial charge in [0, 0.05) is 18.2 Å². The van der Waals surface area contributed by atoms with Crippen molar-refractivity contribution < 1.29 is 27.2 Å². The van der Waals surface area contributed by atoms with Gasteiger partial charge in [0.05, 0.1) is 4.92 Å². The van der Waals surface area contributed by atoms with Crippen molar-refractivity contribution in [1.82, 2.24) is 0 Å². The van der Waals surface area contributed by atoms with Crippen LogP contribution >= 0.6 is 0 Å². The van der Waals surface area contributed by atoms with E-state index in [1.807, 2.05) is 0 Å². The van der Waals surface area contributed by atoms with Crippen LogP contribution in [0.4, 0.5) is 23.2 Å². The van der Waals surface area contributed by atoms with Crippen LogP contribution in [0, 0.1) is 33.4 Å². The summed E-state index contributed by atoms with van der Waals surface area (Å²) in [6, 6.07) is 4.99. The number of halogens is 4. The number of nitro groups is 1. The topological polar surface area (TPSA) is 52.4 Å². The summed E-state index contributed by atoms with van der Waals surface area (Å²) in [5, 5.41) is 10.4. The van der Waals surface area contributed by atoms with Crippen molar-refractivity contribution in [3.63, 3.8) is 0 Å². The Morgan fingerprint density at radius 3 is 2.00 bits per heavy atom. The molecule has 0 saturated heterocycles. The predicted octanol–water partition coefficient (Wildman–Crippen LogP) is 3.73. The Hall–Kier alpha value is -2.64. The molecule has 0 saturated carbocycles. The van der Waals surface area contributed by atoms with E-state index in [1.165, 1.54) is 12.1 Å². The van der Waals surface area contributed by atoms with Gasteiger partial charge < -0.3 is 4.74 Å². The Morgan fingerprint density at radius 1 is 1.00 bits per heavy atom. The average molecular weight is 301 g/mol. The van der Waals surface area contributed by atoms with Gasteiger partial charge in [0.2, 0.25) is 11.6 Å². The van der Waals surface area contributed by atoms with E-state index in [4.69, 9.17) is 4.74 Å². The molecule has 0 aliphatic carbocycles. The van der Waals surface area contributed by atoms with Gasteiger partial charge in [0.1, 0.15) is 6.61 Å². The molecule has 8 heteroatoms. The minimum atomic E-state index is -1.64. The molecule has 4 nitrogen and oxygen atoms in total. The normalized spacial score (nSPS) is 10.5. The van der Waals surface area contributed by atoms with Gasteiger partial charge in [0.15, 0.2) is 17.4 Å². The molecule has 21 heavy (non-hydrogen) atoms. The molecule has 0 bridgehead atoms. The Kier molecular flexibility index (Phi) is 4.06. The third-order valence-electron chi connectivity index (χ3n) is 2.60. The molecule has 0 spiro atoms. The maximum absolute atomic E-state index is 13.3. The fourth-order valence-electron chi connectivity index (χ4n) is 1.55. The van der Waals surface area contributed by atoms with Crippen molar-refractivity contribution in [2.45, 2.75) is 6.61 Å². The fraction of sp³-hybridized carbons (Fsp3) is 0.0769. The van der Waals surface area contributed by atoms with E-state index in [2.05, 4.69) is 0 Å². The molecule has 0 heterocycles. The van der Waals surface area contributed by atoms with Gasteiger partial charge in [-0.15, -0.1) is 0 Å². The molecule has 0 amide bonds. The van der Waals surface area contributed by atoms with Crippen LogP contribution in [-0.4, -0.2) is 4.92 Å². The standard InChI is InChI=1S/C13H7F4NO3/c14-9-5-10(15)12(17)13(11(9)16)21-6-7-1-3-8(4-2-7)18(19)20/h1-5H,6H2.